The van der Waals surface area contributed by atoms with Crippen LogP contribution >= 0.6 is 0 Å². The highest BCUT2D eigenvalue weighted by Gasteiger charge is 2.15. The number of rotatable bonds is 9. The number of carboxylic acids is 1. The fourth-order valence-electron chi connectivity index (χ4n) is 1.89. The highest BCUT2D eigenvalue weighted by molar-refractivity contribution is 5.94. The number of carbonyl (C=O) groups excluding carboxylic acids is 1. The Morgan fingerprint density at radius 3 is 2.43 bits per heavy atom. The Morgan fingerprint density at radius 2 is 1.90 bits per heavy atom. The first-order valence-corrected chi connectivity index (χ1v) is 6.92. The van der Waals surface area contributed by atoms with E-state index < -0.39 is 5.97 Å². The van der Waals surface area contributed by atoms with Gasteiger partial charge < -0.3 is 19.8 Å². The minimum Gasteiger partial charge on any atom is -0.478 e. The van der Waals surface area contributed by atoms with Crippen LogP contribution in [-0.4, -0.2) is 48.5 Å². The molecular weight excluding hydrogens is 274 g/mol. The van der Waals surface area contributed by atoms with Crippen LogP contribution in [0.4, 0.5) is 5.69 Å². The summed E-state index contributed by atoms with van der Waals surface area (Å²) >= 11 is 0. The van der Waals surface area contributed by atoms with Gasteiger partial charge >= 0.3 is 5.97 Å². The standard InChI is InChI=1S/C15H21NO5/c1-2-21-11-3-4-14(18)16(9-10-17)13-7-5-12(6-8-13)15(19)20/h5-8,17H,2-4,9-11H2,1H3,(H,19,20). The minimum atomic E-state index is -1.02. The summed E-state index contributed by atoms with van der Waals surface area (Å²) in [5.41, 5.74) is 0.738. The molecule has 0 fully saturated rings. The van der Waals surface area contributed by atoms with Crippen molar-refractivity contribution in [2.24, 2.45) is 0 Å². The van der Waals surface area contributed by atoms with E-state index in [4.69, 9.17) is 14.9 Å². The fraction of sp³-hybridized carbons (Fsp3) is 0.467. The first-order chi connectivity index (χ1) is 10.1. The summed E-state index contributed by atoms with van der Waals surface area (Å²) in [5, 5.41) is 17.9. The van der Waals surface area contributed by atoms with Crippen molar-refractivity contribution in [3.05, 3.63) is 29.8 Å². The molecule has 0 atom stereocenters. The van der Waals surface area contributed by atoms with Gasteiger partial charge in [-0.1, -0.05) is 0 Å². The molecule has 1 aromatic rings. The highest BCUT2D eigenvalue weighted by atomic mass is 16.5. The molecule has 0 aliphatic carbocycles. The molecule has 116 valence electrons. The zero-order valence-corrected chi connectivity index (χ0v) is 12.1. The van der Waals surface area contributed by atoms with Crippen molar-refractivity contribution in [3.8, 4) is 0 Å². The fourth-order valence-corrected chi connectivity index (χ4v) is 1.89. The van der Waals surface area contributed by atoms with E-state index in [-0.39, 0.29) is 24.6 Å². The van der Waals surface area contributed by atoms with Gasteiger partial charge in [-0.3, -0.25) is 4.79 Å². The highest BCUT2D eigenvalue weighted by Crippen LogP contribution is 2.17. The van der Waals surface area contributed by atoms with Gasteiger partial charge in [0.1, 0.15) is 0 Å². The van der Waals surface area contributed by atoms with Gasteiger partial charge in [0.05, 0.1) is 12.2 Å². The van der Waals surface area contributed by atoms with E-state index in [1.807, 2.05) is 6.92 Å². The van der Waals surface area contributed by atoms with Gasteiger partial charge in [0.2, 0.25) is 5.91 Å². The molecule has 0 heterocycles. The van der Waals surface area contributed by atoms with Crippen molar-refractivity contribution < 1.29 is 24.5 Å². The molecule has 0 unspecified atom stereocenters. The molecule has 6 heteroatoms. The predicted molar refractivity (Wildman–Crippen MR) is 78.6 cm³/mol. The number of carbonyl (C=O) groups is 2. The van der Waals surface area contributed by atoms with Crippen LogP contribution in [0.15, 0.2) is 24.3 Å². The largest absolute Gasteiger partial charge is 0.478 e. The molecular formula is C15H21NO5. The third-order valence-electron chi connectivity index (χ3n) is 2.93. The smallest absolute Gasteiger partial charge is 0.335 e. The number of nitrogens with zero attached hydrogens (tertiary/aromatic N) is 1. The number of amides is 1. The number of aromatic carboxylic acids is 1. The Hall–Kier alpha value is -1.92. The van der Waals surface area contributed by atoms with Crippen molar-refractivity contribution in [1.82, 2.24) is 0 Å². The van der Waals surface area contributed by atoms with E-state index >= 15 is 0 Å². The second-order valence-corrected chi connectivity index (χ2v) is 4.42. The van der Waals surface area contributed by atoms with Crippen LogP contribution in [-0.2, 0) is 9.53 Å². The Balaban J connectivity index is 2.71. The van der Waals surface area contributed by atoms with Gasteiger partial charge in [0, 0.05) is 31.9 Å². The van der Waals surface area contributed by atoms with Crippen LogP contribution < -0.4 is 4.90 Å². The molecule has 0 radical (unpaired) electrons. The monoisotopic (exact) mass is 295 g/mol. The van der Waals surface area contributed by atoms with Crippen molar-refractivity contribution >= 4 is 17.6 Å². The quantitative estimate of drug-likeness (QED) is 0.675. The number of hydrogen-bond donors (Lipinski definition) is 2. The van der Waals surface area contributed by atoms with Crippen LogP contribution in [0.5, 0.6) is 0 Å². The van der Waals surface area contributed by atoms with Crippen LogP contribution in [0.2, 0.25) is 0 Å². The Bertz CT molecular complexity index is 458. The summed E-state index contributed by atoms with van der Waals surface area (Å²) in [4.78, 5) is 24.4. The number of benzene rings is 1. The second-order valence-electron chi connectivity index (χ2n) is 4.42. The second kappa shape index (κ2) is 9.10. The molecule has 1 amide bonds. The van der Waals surface area contributed by atoms with Crippen molar-refractivity contribution in [2.75, 3.05) is 31.3 Å². The van der Waals surface area contributed by atoms with Crippen LogP contribution in [0.1, 0.15) is 30.1 Å². The van der Waals surface area contributed by atoms with Crippen LogP contribution in [0.3, 0.4) is 0 Å². The average Bonchev–Trinajstić information content (AvgIpc) is 2.49. The summed E-state index contributed by atoms with van der Waals surface area (Å²) in [6.07, 6.45) is 0.933. The number of ether oxygens (including phenoxy) is 1. The van der Waals surface area contributed by atoms with Gasteiger partial charge in [0.15, 0.2) is 0 Å². The maximum absolute atomic E-state index is 12.2. The predicted octanol–water partition coefficient (Wildman–Crippen LogP) is 1.53. The summed E-state index contributed by atoms with van der Waals surface area (Å²) in [5.74, 6) is -1.13. The molecule has 0 bridgehead atoms. The lowest BCUT2D eigenvalue weighted by Gasteiger charge is -2.22. The van der Waals surface area contributed by atoms with Gasteiger partial charge in [-0.05, 0) is 37.6 Å². The summed E-state index contributed by atoms with van der Waals surface area (Å²) in [7, 11) is 0. The van der Waals surface area contributed by atoms with Crippen molar-refractivity contribution in [3.63, 3.8) is 0 Å². The summed E-state index contributed by atoms with van der Waals surface area (Å²) in [6.45, 7) is 3.06. The van der Waals surface area contributed by atoms with Gasteiger partial charge in [-0.25, -0.2) is 4.79 Å². The van der Waals surface area contributed by atoms with Crippen molar-refractivity contribution in [1.29, 1.82) is 0 Å². The number of aliphatic hydroxyl groups excluding tert-OH is 1. The SMILES string of the molecule is CCOCCCC(=O)N(CCO)c1ccc(C(=O)O)cc1. The van der Waals surface area contributed by atoms with E-state index in [2.05, 4.69) is 0 Å². The third-order valence-corrected chi connectivity index (χ3v) is 2.93. The molecule has 0 aliphatic heterocycles. The van der Waals surface area contributed by atoms with Gasteiger partial charge in [-0.15, -0.1) is 0 Å². The molecule has 6 nitrogen and oxygen atoms in total. The molecule has 2 N–H and O–H groups in total. The Kier molecular flexibility index (Phi) is 7.42. The van der Waals surface area contributed by atoms with Gasteiger partial charge in [-0.2, -0.15) is 0 Å². The maximum Gasteiger partial charge on any atom is 0.335 e. The minimum absolute atomic E-state index is 0.119. The molecule has 1 aromatic carbocycles. The van der Waals surface area contributed by atoms with Gasteiger partial charge in [0.25, 0.3) is 0 Å². The molecule has 0 saturated carbocycles. The molecule has 0 saturated heterocycles. The normalized spacial score (nSPS) is 10.4. The van der Waals surface area contributed by atoms with Crippen LogP contribution in [0, 0.1) is 0 Å². The zero-order valence-electron chi connectivity index (χ0n) is 12.1. The number of carboxylic acid groups (broad SMARTS) is 1. The first kappa shape index (κ1) is 17.1. The molecule has 1 rings (SSSR count). The number of aliphatic hydroxyl groups is 1. The van der Waals surface area contributed by atoms with Crippen molar-refractivity contribution in [2.45, 2.75) is 19.8 Å². The van der Waals surface area contributed by atoms with E-state index in [1.54, 1.807) is 12.1 Å². The van der Waals surface area contributed by atoms with E-state index in [1.165, 1.54) is 17.0 Å². The number of anilines is 1. The molecule has 0 spiro atoms. The van der Waals surface area contributed by atoms with Crippen LogP contribution in [0.25, 0.3) is 0 Å². The third kappa shape index (κ3) is 5.53. The Labute approximate surface area is 124 Å². The lowest BCUT2D eigenvalue weighted by Crippen LogP contribution is -2.33. The summed E-state index contributed by atoms with van der Waals surface area (Å²) < 4.78 is 5.19. The van der Waals surface area contributed by atoms with E-state index in [0.29, 0.717) is 31.7 Å². The zero-order chi connectivity index (χ0) is 15.7. The maximum atomic E-state index is 12.2. The topological polar surface area (TPSA) is 87.1 Å². The first-order valence-electron chi connectivity index (χ1n) is 6.92. The molecule has 21 heavy (non-hydrogen) atoms. The molecule has 0 aliphatic rings. The summed E-state index contributed by atoms with van der Waals surface area (Å²) in [6, 6.07) is 6.02. The average molecular weight is 295 g/mol. The van der Waals surface area contributed by atoms with E-state index in [9.17, 15) is 9.59 Å². The Morgan fingerprint density at radius 1 is 1.24 bits per heavy atom. The number of hydrogen-bond acceptors (Lipinski definition) is 4. The van der Waals surface area contributed by atoms with E-state index in [0.717, 1.165) is 0 Å². The lowest BCUT2D eigenvalue weighted by atomic mass is 10.2. The lowest BCUT2D eigenvalue weighted by molar-refractivity contribution is -0.119. The molecule has 0 aromatic heterocycles.